The van der Waals surface area contributed by atoms with Crippen molar-refractivity contribution >= 4 is 17.3 Å². The van der Waals surface area contributed by atoms with Crippen molar-refractivity contribution in [3.63, 3.8) is 0 Å². The van der Waals surface area contributed by atoms with Gasteiger partial charge in [-0.15, -0.1) is 0 Å². The van der Waals surface area contributed by atoms with Gasteiger partial charge < -0.3 is 0 Å². The first-order valence-electron chi connectivity index (χ1n) is 5.87. The molecule has 1 fully saturated rings. The number of Topliss-reactive ketones (excluding diaryl/α,β-unsaturated/α-hetero) is 3. The van der Waals surface area contributed by atoms with E-state index in [-0.39, 0.29) is 29.7 Å². The van der Waals surface area contributed by atoms with Gasteiger partial charge in [0.15, 0.2) is 11.6 Å². The molecular formula is C14H12O3. The van der Waals surface area contributed by atoms with E-state index in [9.17, 15) is 14.4 Å². The summed E-state index contributed by atoms with van der Waals surface area (Å²) in [6.45, 7) is 0. The van der Waals surface area contributed by atoms with E-state index >= 15 is 0 Å². The summed E-state index contributed by atoms with van der Waals surface area (Å²) in [5, 5.41) is 0. The van der Waals surface area contributed by atoms with Crippen molar-refractivity contribution < 1.29 is 14.4 Å². The average molecular weight is 228 g/mol. The van der Waals surface area contributed by atoms with Gasteiger partial charge in [-0.05, 0) is 18.4 Å². The van der Waals surface area contributed by atoms with Crippen molar-refractivity contribution in [3.8, 4) is 0 Å². The van der Waals surface area contributed by atoms with Crippen molar-refractivity contribution in [3.05, 3.63) is 35.4 Å². The number of rotatable bonds is 0. The molecule has 0 aliphatic heterocycles. The van der Waals surface area contributed by atoms with Crippen LogP contribution < -0.4 is 0 Å². The van der Waals surface area contributed by atoms with Crippen LogP contribution in [0.25, 0.3) is 0 Å². The van der Waals surface area contributed by atoms with E-state index in [0.717, 1.165) is 11.1 Å². The fraction of sp³-hybridized carbons (Fsp3) is 0.357. The lowest BCUT2D eigenvalue weighted by atomic mass is 9.67. The molecule has 0 bridgehead atoms. The van der Waals surface area contributed by atoms with Crippen LogP contribution in [-0.2, 0) is 16.0 Å². The van der Waals surface area contributed by atoms with Crippen LogP contribution in [0, 0.1) is 11.8 Å². The summed E-state index contributed by atoms with van der Waals surface area (Å²) in [6.07, 6.45) is 1.30. The Morgan fingerprint density at radius 1 is 0.941 bits per heavy atom. The molecule has 0 aromatic heterocycles. The summed E-state index contributed by atoms with van der Waals surface area (Å²) in [4.78, 5) is 35.5. The Kier molecular flexibility index (Phi) is 2.21. The van der Waals surface area contributed by atoms with Gasteiger partial charge in [-0.3, -0.25) is 14.4 Å². The molecular weight excluding hydrogens is 216 g/mol. The summed E-state index contributed by atoms with van der Waals surface area (Å²) in [5.41, 5.74) is 1.64. The molecule has 17 heavy (non-hydrogen) atoms. The van der Waals surface area contributed by atoms with E-state index in [1.165, 1.54) is 0 Å². The maximum atomic E-state index is 12.2. The number of hydrogen-bond donors (Lipinski definition) is 0. The molecule has 3 rings (SSSR count). The minimum absolute atomic E-state index is 0.0395. The molecule has 0 spiro atoms. The highest BCUT2D eigenvalue weighted by Gasteiger charge is 2.44. The fourth-order valence-electron chi connectivity index (χ4n) is 2.92. The zero-order valence-electron chi connectivity index (χ0n) is 9.31. The molecule has 0 radical (unpaired) electrons. The highest BCUT2D eigenvalue weighted by atomic mass is 16.2. The molecule has 1 saturated carbocycles. The second kappa shape index (κ2) is 3.62. The number of ketones is 3. The Morgan fingerprint density at radius 3 is 2.53 bits per heavy atom. The molecule has 3 heteroatoms. The zero-order valence-corrected chi connectivity index (χ0v) is 9.31. The molecule has 2 unspecified atom stereocenters. The van der Waals surface area contributed by atoms with E-state index in [1.54, 1.807) is 0 Å². The van der Waals surface area contributed by atoms with Crippen LogP contribution in [0.2, 0.25) is 0 Å². The Morgan fingerprint density at radius 2 is 1.71 bits per heavy atom. The lowest BCUT2D eigenvalue weighted by Gasteiger charge is -2.33. The summed E-state index contributed by atoms with van der Waals surface area (Å²) in [6, 6.07) is 7.39. The highest BCUT2D eigenvalue weighted by Crippen LogP contribution is 2.36. The fourth-order valence-corrected chi connectivity index (χ4v) is 2.92. The summed E-state index contributed by atoms with van der Waals surface area (Å²) >= 11 is 0. The van der Waals surface area contributed by atoms with Gasteiger partial charge in [-0.1, -0.05) is 24.3 Å². The van der Waals surface area contributed by atoms with Crippen molar-refractivity contribution in [2.24, 2.45) is 11.8 Å². The lowest BCUT2D eigenvalue weighted by Crippen LogP contribution is -2.43. The number of carbonyl (C=O) groups excluding carboxylic acids is 3. The number of carbonyl (C=O) groups is 3. The number of hydrogen-bond acceptors (Lipinski definition) is 3. The molecule has 86 valence electrons. The highest BCUT2D eigenvalue weighted by molar-refractivity contribution is 6.39. The number of benzene rings is 1. The smallest absolute Gasteiger partial charge is 0.202 e. The quantitative estimate of drug-likeness (QED) is 0.633. The third-order valence-corrected chi connectivity index (χ3v) is 3.84. The van der Waals surface area contributed by atoms with E-state index in [0.29, 0.717) is 12.8 Å². The topological polar surface area (TPSA) is 51.2 Å². The molecule has 2 aliphatic rings. The van der Waals surface area contributed by atoms with Crippen molar-refractivity contribution in [1.82, 2.24) is 0 Å². The number of fused-ring (bicyclic) bond motifs is 2. The summed E-state index contributed by atoms with van der Waals surface area (Å²) in [7, 11) is 0. The first-order chi connectivity index (χ1) is 8.18. The van der Waals surface area contributed by atoms with Gasteiger partial charge in [0.1, 0.15) is 0 Å². The maximum Gasteiger partial charge on any atom is 0.202 e. The maximum absolute atomic E-state index is 12.2. The first-order valence-corrected chi connectivity index (χ1v) is 5.87. The van der Waals surface area contributed by atoms with Gasteiger partial charge in [-0.25, -0.2) is 0 Å². The van der Waals surface area contributed by atoms with Crippen LogP contribution in [0.3, 0.4) is 0 Å². The van der Waals surface area contributed by atoms with E-state index < -0.39 is 5.92 Å². The second-order valence-corrected chi connectivity index (χ2v) is 4.76. The third-order valence-electron chi connectivity index (χ3n) is 3.84. The van der Waals surface area contributed by atoms with Crippen LogP contribution in [0.1, 0.15) is 28.8 Å². The van der Waals surface area contributed by atoms with Crippen molar-refractivity contribution in [2.75, 3.05) is 0 Å². The Balaban J connectivity index is 2.06. The SMILES string of the molecule is O=C1CCC2C(=O)c3ccccc3CC2C1=O. The van der Waals surface area contributed by atoms with Gasteiger partial charge >= 0.3 is 0 Å². The van der Waals surface area contributed by atoms with Crippen molar-refractivity contribution in [1.29, 1.82) is 0 Å². The van der Waals surface area contributed by atoms with Crippen LogP contribution in [-0.4, -0.2) is 17.3 Å². The Hall–Kier alpha value is -1.77. The van der Waals surface area contributed by atoms with E-state index in [4.69, 9.17) is 0 Å². The Bertz CT molecular complexity index is 530. The first kappa shape index (κ1) is 10.4. The van der Waals surface area contributed by atoms with Crippen LogP contribution >= 0.6 is 0 Å². The molecule has 2 aliphatic carbocycles. The molecule has 0 N–H and O–H groups in total. The minimum atomic E-state index is -0.404. The average Bonchev–Trinajstić information content (AvgIpc) is 2.35. The second-order valence-electron chi connectivity index (χ2n) is 4.76. The minimum Gasteiger partial charge on any atom is -0.294 e. The van der Waals surface area contributed by atoms with Crippen LogP contribution in [0.5, 0.6) is 0 Å². The molecule has 1 aromatic carbocycles. The van der Waals surface area contributed by atoms with Gasteiger partial charge in [0, 0.05) is 23.8 Å². The molecule has 0 heterocycles. The molecule has 0 saturated heterocycles. The molecule has 3 nitrogen and oxygen atoms in total. The van der Waals surface area contributed by atoms with Crippen LogP contribution in [0.15, 0.2) is 24.3 Å². The van der Waals surface area contributed by atoms with E-state index in [1.807, 2.05) is 24.3 Å². The Labute approximate surface area is 98.8 Å². The lowest BCUT2D eigenvalue weighted by molar-refractivity contribution is -0.142. The monoisotopic (exact) mass is 228 g/mol. The van der Waals surface area contributed by atoms with E-state index in [2.05, 4.69) is 0 Å². The third kappa shape index (κ3) is 1.46. The predicted octanol–water partition coefficient (Wildman–Crippen LogP) is 1.59. The standard InChI is InChI=1S/C14H12O3/c15-12-6-5-10-11(14(12)17)7-8-3-1-2-4-9(8)13(10)16/h1-4,10-11H,5-7H2. The van der Waals surface area contributed by atoms with Crippen LogP contribution in [0.4, 0.5) is 0 Å². The zero-order chi connectivity index (χ0) is 12.0. The summed E-state index contributed by atoms with van der Waals surface area (Å²) in [5.74, 6) is -1.28. The van der Waals surface area contributed by atoms with Gasteiger partial charge in [0.25, 0.3) is 0 Å². The largest absolute Gasteiger partial charge is 0.294 e. The molecule has 1 aromatic rings. The van der Waals surface area contributed by atoms with Gasteiger partial charge in [0.05, 0.1) is 0 Å². The predicted molar refractivity (Wildman–Crippen MR) is 60.7 cm³/mol. The van der Waals surface area contributed by atoms with Gasteiger partial charge in [0.2, 0.25) is 5.78 Å². The van der Waals surface area contributed by atoms with Gasteiger partial charge in [-0.2, -0.15) is 0 Å². The normalized spacial score (nSPS) is 27.6. The summed E-state index contributed by atoms with van der Waals surface area (Å²) < 4.78 is 0. The van der Waals surface area contributed by atoms with Crippen molar-refractivity contribution in [2.45, 2.75) is 19.3 Å². The molecule has 2 atom stereocenters. The molecule has 0 amide bonds.